The molecule has 2 aromatic carbocycles. The minimum Gasteiger partial charge on any atom is -0.384 e. The number of aliphatic hydroxyl groups excluding tert-OH is 2. The average molecular weight is 339 g/mol. The molecule has 0 unspecified atom stereocenters. The van der Waals surface area contributed by atoms with E-state index < -0.39 is 12.2 Å². The fraction of sp³-hybridized carbons (Fsp3) is 0.381. The van der Waals surface area contributed by atoms with Crippen LogP contribution >= 0.6 is 0 Å². The summed E-state index contributed by atoms with van der Waals surface area (Å²) in [7, 11) is 0. The van der Waals surface area contributed by atoms with Gasteiger partial charge in [-0.05, 0) is 25.0 Å². The Bertz CT molecular complexity index is 702. The molecule has 4 nitrogen and oxygen atoms in total. The maximum absolute atomic E-state index is 10.6. The van der Waals surface area contributed by atoms with Gasteiger partial charge in [0, 0.05) is 0 Å². The van der Waals surface area contributed by atoms with Crippen molar-refractivity contribution in [2.75, 3.05) is 13.1 Å². The van der Waals surface area contributed by atoms with Crippen molar-refractivity contribution in [3.63, 3.8) is 0 Å². The summed E-state index contributed by atoms with van der Waals surface area (Å²) >= 11 is 0. The van der Waals surface area contributed by atoms with Gasteiger partial charge in [0.05, 0.1) is 0 Å². The number of hydrogen-bond donors (Lipinski definition) is 2. The van der Waals surface area contributed by atoms with E-state index in [2.05, 4.69) is 9.48 Å². The van der Waals surface area contributed by atoms with Crippen LogP contribution in [0, 0.1) is 0 Å². The van der Waals surface area contributed by atoms with Crippen LogP contribution in [0.5, 0.6) is 0 Å². The second-order valence-electron chi connectivity index (χ2n) is 6.78. The molecule has 1 aliphatic rings. The molecule has 4 atom stereocenters. The third kappa shape index (κ3) is 3.91. The van der Waals surface area contributed by atoms with E-state index in [9.17, 15) is 10.2 Å². The number of nitrogens with zero attached hydrogens (tertiary/aromatic N) is 2. The lowest BCUT2D eigenvalue weighted by molar-refractivity contribution is -0.561. The Morgan fingerprint density at radius 2 is 1.36 bits per heavy atom. The molecule has 1 aliphatic heterocycles. The lowest BCUT2D eigenvalue weighted by Gasteiger charge is -2.22. The zero-order valence-corrected chi connectivity index (χ0v) is 14.9. The van der Waals surface area contributed by atoms with Gasteiger partial charge in [0.15, 0.2) is 0 Å². The van der Waals surface area contributed by atoms with E-state index in [1.54, 1.807) is 0 Å². The molecule has 0 amide bonds. The first-order chi connectivity index (χ1) is 12.1. The molecule has 0 aliphatic carbocycles. The summed E-state index contributed by atoms with van der Waals surface area (Å²) in [6.07, 6.45) is 0.978. The van der Waals surface area contributed by atoms with Gasteiger partial charge in [-0.1, -0.05) is 60.7 Å². The zero-order chi connectivity index (χ0) is 17.8. The van der Waals surface area contributed by atoms with E-state index >= 15 is 0 Å². The van der Waals surface area contributed by atoms with E-state index in [1.165, 1.54) is 0 Å². The third-order valence-electron chi connectivity index (χ3n) is 5.16. The summed E-state index contributed by atoms with van der Waals surface area (Å²) in [4.78, 5) is 2.16. The first-order valence-electron chi connectivity index (χ1n) is 8.90. The number of aliphatic hydroxyl groups is 2. The van der Waals surface area contributed by atoms with Crippen molar-refractivity contribution in [3.05, 3.63) is 71.8 Å². The van der Waals surface area contributed by atoms with Crippen molar-refractivity contribution < 1.29 is 14.8 Å². The molecule has 0 spiro atoms. The highest BCUT2D eigenvalue weighted by Gasteiger charge is 2.34. The monoisotopic (exact) mass is 339 g/mol. The number of rotatable bonds is 6. The molecule has 0 fully saturated rings. The molecule has 0 saturated carbocycles. The molecule has 1 heterocycles. The zero-order valence-electron chi connectivity index (χ0n) is 14.9. The van der Waals surface area contributed by atoms with Crippen molar-refractivity contribution in [3.8, 4) is 0 Å². The quantitative estimate of drug-likeness (QED) is 0.795. The van der Waals surface area contributed by atoms with Crippen LogP contribution in [0.4, 0.5) is 0 Å². The maximum atomic E-state index is 10.6. The summed E-state index contributed by atoms with van der Waals surface area (Å²) in [6, 6.07) is 19.5. The Labute approximate surface area is 149 Å². The van der Waals surface area contributed by atoms with Crippen LogP contribution in [-0.4, -0.2) is 51.2 Å². The first-order valence-corrected chi connectivity index (χ1v) is 8.90. The first kappa shape index (κ1) is 17.6. The highest BCUT2D eigenvalue weighted by Crippen LogP contribution is 2.23. The van der Waals surface area contributed by atoms with Crippen LogP contribution in [0.15, 0.2) is 60.7 Å². The molecule has 0 aromatic heterocycles. The van der Waals surface area contributed by atoms with E-state index in [4.69, 9.17) is 0 Å². The van der Waals surface area contributed by atoms with Crippen LogP contribution in [0.1, 0.15) is 37.2 Å². The molecule has 4 heteroatoms. The Morgan fingerprint density at radius 3 is 1.92 bits per heavy atom. The average Bonchev–Trinajstić information content (AvgIpc) is 3.17. The van der Waals surface area contributed by atoms with Crippen molar-refractivity contribution in [2.45, 2.75) is 38.1 Å². The van der Waals surface area contributed by atoms with Gasteiger partial charge in [0.2, 0.25) is 6.34 Å². The van der Waals surface area contributed by atoms with E-state index in [0.717, 1.165) is 24.2 Å². The Kier molecular flexibility index (Phi) is 5.51. The molecule has 0 radical (unpaired) electrons. The minimum absolute atomic E-state index is 0.0199. The fourth-order valence-electron chi connectivity index (χ4n) is 3.37. The minimum atomic E-state index is -0.535. The maximum Gasteiger partial charge on any atom is 0.235 e. The molecule has 132 valence electrons. The molecule has 0 saturated heterocycles. The van der Waals surface area contributed by atoms with Crippen molar-refractivity contribution in [2.24, 2.45) is 0 Å². The smallest absolute Gasteiger partial charge is 0.235 e. The number of hydrogen-bond acceptors (Lipinski definition) is 3. The highest BCUT2D eigenvalue weighted by atomic mass is 16.3. The van der Waals surface area contributed by atoms with Crippen molar-refractivity contribution in [1.82, 2.24) is 4.90 Å². The predicted molar refractivity (Wildman–Crippen MR) is 99.6 cm³/mol. The third-order valence-corrected chi connectivity index (χ3v) is 5.16. The topological polar surface area (TPSA) is 46.7 Å². The molecule has 3 rings (SSSR count). The Morgan fingerprint density at radius 1 is 0.840 bits per heavy atom. The van der Waals surface area contributed by atoms with Crippen LogP contribution in [0.2, 0.25) is 0 Å². The second-order valence-corrected chi connectivity index (χ2v) is 6.78. The fourth-order valence-corrected chi connectivity index (χ4v) is 3.37. The van der Waals surface area contributed by atoms with E-state index in [0.29, 0.717) is 0 Å². The highest BCUT2D eigenvalue weighted by molar-refractivity contribution is 5.51. The van der Waals surface area contributed by atoms with Gasteiger partial charge >= 0.3 is 0 Å². The van der Waals surface area contributed by atoms with Crippen LogP contribution in [0.3, 0.4) is 0 Å². The van der Waals surface area contributed by atoms with Gasteiger partial charge in [-0.3, -0.25) is 9.48 Å². The van der Waals surface area contributed by atoms with E-state index in [-0.39, 0.29) is 12.1 Å². The van der Waals surface area contributed by atoms with Crippen LogP contribution < -0.4 is 0 Å². The Hall–Kier alpha value is -2.17. The van der Waals surface area contributed by atoms with Gasteiger partial charge < -0.3 is 10.2 Å². The second kappa shape index (κ2) is 7.81. The SMILES string of the molecule is C[C@H]([C@@H](O)c1ccccc1)N1C=[N+]([C@H](C)[C@@H](O)c2ccccc2)CC1. The molecular weight excluding hydrogens is 312 g/mol. The largest absolute Gasteiger partial charge is 0.384 e. The van der Waals surface area contributed by atoms with Crippen LogP contribution in [-0.2, 0) is 0 Å². The van der Waals surface area contributed by atoms with Gasteiger partial charge in [0.1, 0.15) is 37.4 Å². The van der Waals surface area contributed by atoms with E-state index in [1.807, 2.05) is 80.8 Å². The lowest BCUT2D eigenvalue weighted by Crippen LogP contribution is -2.35. The van der Waals surface area contributed by atoms with Gasteiger partial charge in [-0.2, -0.15) is 0 Å². The molecule has 2 N–H and O–H groups in total. The normalized spacial score (nSPS) is 19.2. The van der Waals surface area contributed by atoms with Gasteiger partial charge in [-0.15, -0.1) is 0 Å². The summed E-state index contributed by atoms with van der Waals surface area (Å²) in [6.45, 7) is 5.76. The van der Waals surface area contributed by atoms with Crippen molar-refractivity contribution >= 4 is 6.34 Å². The predicted octanol–water partition coefficient (Wildman–Crippen LogP) is 2.59. The molecule has 0 bridgehead atoms. The number of benzene rings is 2. The van der Waals surface area contributed by atoms with Gasteiger partial charge in [-0.25, -0.2) is 0 Å². The lowest BCUT2D eigenvalue weighted by atomic mass is 10.0. The molecule has 25 heavy (non-hydrogen) atoms. The molecule has 2 aromatic rings. The summed E-state index contributed by atoms with van der Waals surface area (Å²) in [5, 5.41) is 21.3. The van der Waals surface area contributed by atoms with Crippen LogP contribution in [0.25, 0.3) is 0 Å². The molecular formula is C21H27N2O2+. The van der Waals surface area contributed by atoms with Crippen molar-refractivity contribution in [1.29, 1.82) is 0 Å². The van der Waals surface area contributed by atoms with Gasteiger partial charge in [0.25, 0.3) is 0 Å². The summed E-state index contributed by atoms with van der Waals surface area (Å²) in [5.74, 6) is 0. The summed E-state index contributed by atoms with van der Waals surface area (Å²) < 4.78 is 2.16. The Balaban J connectivity index is 1.69. The summed E-state index contributed by atoms with van der Waals surface area (Å²) in [5.41, 5.74) is 1.86. The standard InChI is InChI=1S/C21H27N2O2/c1-16(20(24)18-9-5-3-6-10-18)22-13-14-23(15-22)17(2)21(25)19-11-7-4-8-12-19/h3-12,15-17,20-21,24-25H,13-14H2,1-2H3/q+1/t16-,17-,20-,21-/m1/s1.